The summed E-state index contributed by atoms with van der Waals surface area (Å²) in [6.07, 6.45) is 38.4. The van der Waals surface area contributed by atoms with Crippen molar-refractivity contribution in [1.29, 1.82) is 0 Å². The van der Waals surface area contributed by atoms with Gasteiger partial charge in [0.2, 0.25) is 11.8 Å². The first-order valence-electron chi connectivity index (χ1n) is 42.5. The molecule has 105 heavy (non-hydrogen) atoms. The van der Waals surface area contributed by atoms with Gasteiger partial charge in [-0.05, 0) is 38.5 Å². The van der Waals surface area contributed by atoms with Crippen LogP contribution in [0.25, 0.3) is 0 Å². The molecule has 23 nitrogen and oxygen atoms in total. The Morgan fingerprint density at radius 2 is 0.886 bits per heavy atom. The van der Waals surface area contributed by atoms with Crippen molar-refractivity contribution in [2.75, 3.05) is 26.4 Å². The monoisotopic (exact) mass is 1500 g/mol. The summed E-state index contributed by atoms with van der Waals surface area (Å²) < 4.78 is 34.9. The van der Waals surface area contributed by atoms with Crippen molar-refractivity contribution in [2.45, 2.75) is 464 Å². The standard InChI is InChI=1S/C82H154N2O21/c1-4-6-8-10-12-14-16-18-19-20-21-22-23-24-25-26-27-28-29-30-31-32-33-34-35-36-37-38-39-40-41-42-43-44-46-48-50-52-54-56-69(92)84-63(64(89)55-53-51-49-47-45-17-15-13-11-9-7-5-2)61-100-79-74(96)73(95)76(68(60-87)102-79)103-80-75(97)78(72(94)67(59-86)101-80)105-82(81(98)99)57-65(90)70(83-62(3)88)77(104-82)71(93)66(91)58-85/h30-31,63-68,70-80,85-87,89-91,93-97H,4-29,32-61H2,1-3H3,(H,83,88)(H,84,92)(H,98,99)/b31-30-. The lowest BCUT2D eigenvalue weighted by molar-refractivity contribution is -0.386. The highest BCUT2D eigenvalue weighted by atomic mass is 16.8. The molecule has 0 saturated carbocycles. The molecule has 0 aliphatic carbocycles. The first-order valence-corrected chi connectivity index (χ1v) is 42.5. The number of aliphatic hydroxyl groups is 11. The molecule has 3 rings (SSSR count). The van der Waals surface area contributed by atoms with Crippen LogP contribution in [0.2, 0.25) is 0 Å². The quantitative estimate of drug-likeness (QED) is 0.0199. The summed E-state index contributed by atoms with van der Waals surface area (Å²) in [5.41, 5.74) is 0. The summed E-state index contributed by atoms with van der Waals surface area (Å²) in [4.78, 5) is 38.7. The minimum Gasteiger partial charge on any atom is -0.477 e. The van der Waals surface area contributed by atoms with Gasteiger partial charge in [0.1, 0.15) is 67.1 Å². The van der Waals surface area contributed by atoms with E-state index in [0.717, 1.165) is 58.3 Å². The summed E-state index contributed by atoms with van der Waals surface area (Å²) >= 11 is 0. The van der Waals surface area contributed by atoms with Gasteiger partial charge in [-0.15, -0.1) is 0 Å². The van der Waals surface area contributed by atoms with Gasteiger partial charge in [-0.25, -0.2) is 4.79 Å². The summed E-state index contributed by atoms with van der Waals surface area (Å²) in [5, 5.41) is 136. The van der Waals surface area contributed by atoms with Gasteiger partial charge in [0.25, 0.3) is 5.79 Å². The van der Waals surface area contributed by atoms with Crippen molar-refractivity contribution in [2.24, 2.45) is 0 Å². The fraction of sp³-hybridized carbons (Fsp3) is 0.939. The molecule has 3 aliphatic rings. The van der Waals surface area contributed by atoms with Crippen LogP contribution in [0.4, 0.5) is 0 Å². The summed E-state index contributed by atoms with van der Waals surface area (Å²) in [5.74, 6) is -6.09. The number of amides is 2. The van der Waals surface area contributed by atoms with Gasteiger partial charge in [-0.3, -0.25) is 9.59 Å². The van der Waals surface area contributed by atoms with Crippen LogP contribution in [0.3, 0.4) is 0 Å². The molecular weight excluding hydrogens is 1350 g/mol. The predicted octanol–water partition coefficient (Wildman–Crippen LogP) is 12.1. The van der Waals surface area contributed by atoms with E-state index in [1.165, 1.54) is 250 Å². The first-order chi connectivity index (χ1) is 50.9. The largest absolute Gasteiger partial charge is 0.477 e. The SMILES string of the molecule is CCCCCCCCCCCCCCCCCCCC/C=C\CCCCCCCCCCCCCCCCCCCC(=O)NC(COC1OC(CO)C(OC2OC(CO)C(O)C(OC3(C(=O)O)CC(O)C(NC(C)=O)C(C(O)C(O)CO)O3)C2O)C(O)C1O)C(O)CCCCCCCCCCCCCC. The third-order valence-corrected chi connectivity index (χ3v) is 21.7. The average molecular weight is 1500 g/mol. The highest BCUT2D eigenvalue weighted by Gasteiger charge is 2.60. The van der Waals surface area contributed by atoms with Gasteiger partial charge in [0.05, 0.1) is 50.7 Å². The van der Waals surface area contributed by atoms with Gasteiger partial charge >= 0.3 is 5.97 Å². The van der Waals surface area contributed by atoms with E-state index in [9.17, 15) is 75.7 Å². The van der Waals surface area contributed by atoms with Crippen molar-refractivity contribution >= 4 is 17.8 Å². The number of carboxylic acid groups (broad SMARTS) is 1. The average Bonchev–Trinajstić information content (AvgIpc) is 0.755. The molecule has 0 radical (unpaired) electrons. The Morgan fingerprint density at radius 3 is 1.29 bits per heavy atom. The van der Waals surface area contributed by atoms with E-state index in [-0.39, 0.29) is 18.9 Å². The first kappa shape index (κ1) is 96.7. The molecule has 2 amide bonds. The number of unbranched alkanes of at least 4 members (excludes halogenated alkanes) is 46. The van der Waals surface area contributed by atoms with Gasteiger partial charge in [-0.1, -0.05) is 309 Å². The van der Waals surface area contributed by atoms with Gasteiger partial charge < -0.3 is 100 Å². The molecule has 14 N–H and O–H groups in total. The Balaban J connectivity index is 1.37. The maximum absolute atomic E-state index is 13.5. The molecule has 18 atom stereocenters. The van der Waals surface area contributed by atoms with E-state index >= 15 is 0 Å². The second kappa shape index (κ2) is 61.1. The molecule has 618 valence electrons. The zero-order valence-corrected chi connectivity index (χ0v) is 65.6. The smallest absolute Gasteiger partial charge is 0.364 e. The van der Waals surface area contributed by atoms with Crippen LogP contribution < -0.4 is 10.6 Å². The number of nitrogens with one attached hydrogen (secondary N) is 2. The number of hydrogen-bond acceptors (Lipinski definition) is 20. The molecule has 3 aliphatic heterocycles. The molecule has 3 heterocycles. The number of rotatable bonds is 68. The van der Waals surface area contributed by atoms with Crippen LogP contribution in [-0.4, -0.2) is 215 Å². The van der Waals surface area contributed by atoms with Crippen LogP contribution >= 0.6 is 0 Å². The number of ether oxygens (including phenoxy) is 6. The van der Waals surface area contributed by atoms with E-state index in [2.05, 4.69) is 36.6 Å². The fourth-order valence-corrected chi connectivity index (χ4v) is 15.0. The van der Waals surface area contributed by atoms with Crippen molar-refractivity contribution < 1.29 is 104 Å². The van der Waals surface area contributed by atoms with E-state index in [4.69, 9.17) is 28.4 Å². The normalized spacial score (nSPS) is 26.2. The zero-order chi connectivity index (χ0) is 76.7. The molecule has 0 aromatic carbocycles. The number of hydrogen-bond donors (Lipinski definition) is 14. The van der Waals surface area contributed by atoms with E-state index in [1.807, 2.05) is 0 Å². The number of carboxylic acids is 1. The molecule has 18 unspecified atom stereocenters. The van der Waals surface area contributed by atoms with Crippen LogP contribution in [0.1, 0.15) is 355 Å². The molecule has 0 aromatic rings. The number of allylic oxidation sites excluding steroid dienone is 2. The van der Waals surface area contributed by atoms with E-state index < -0.39 is 148 Å². The van der Waals surface area contributed by atoms with E-state index in [0.29, 0.717) is 19.3 Å². The molecule has 3 saturated heterocycles. The number of carbonyl (C=O) groups excluding carboxylic acids is 2. The number of carbonyl (C=O) groups is 3. The highest BCUT2D eigenvalue weighted by molar-refractivity contribution is 5.77. The lowest BCUT2D eigenvalue weighted by atomic mass is 9.88. The van der Waals surface area contributed by atoms with Gasteiger partial charge in [0.15, 0.2) is 12.6 Å². The third kappa shape index (κ3) is 41.0. The van der Waals surface area contributed by atoms with Crippen LogP contribution in [-0.2, 0) is 42.8 Å². The van der Waals surface area contributed by atoms with Crippen molar-refractivity contribution in [1.82, 2.24) is 10.6 Å². The molecule has 23 heteroatoms. The summed E-state index contributed by atoms with van der Waals surface area (Å²) in [7, 11) is 0. The Bertz CT molecular complexity index is 2140. The Kier molecular flexibility index (Phi) is 56.3. The van der Waals surface area contributed by atoms with Crippen LogP contribution in [0.15, 0.2) is 12.2 Å². The van der Waals surface area contributed by atoms with Crippen molar-refractivity contribution in [3.8, 4) is 0 Å². The minimum absolute atomic E-state index is 0.227. The van der Waals surface area contributed by atoms with Crippen LogP contribution in [0.5, 0.6) is 0 Å². The molecule has 0 spiro atoms. The fourth-order valence-electron chi connectivity index (χ4n) is 15.0. The maximum Gasteiger partial charge on any atom is 0.364 e. The van der Waals surface area contributed by atoms with Crippen molar-refractivity contribution in [3.63, 3.8) is 0 Å². The Labute approximate surface area is 632 Å². The zero-order valence-electron chi connectivity index (χ0n) is 65.6. The third-order valence-electron chi connectivity index (χ3n) is 21.7. The second-order valence-electron chi connectivity index (χ2n) is 31.0. The molecule has 0 bridgehead atoms. The lowest BCUT2D eigenvalue weighted by Crippen LogP contribution is -2.70. The Hall–Kier alpha value is -2.53. The number of aliphatic hydroxyl groups excluding tert-OH is 11. The Morgan fingerprint density at radius 1 is 0.486 bits per heavy atom. The second-order valence-corrected chi connectivity index (χ2v) is 31.0. The number of aliphatic carboxylic acids is 1. The summed E-state index contributed by atoms with van der Waals surface area (Å²) in [6.45, 7) is 2.23. The predicted molar refractivity (Wildman–Crippen MR) is 408 cm³/mol. The lowest BCUT2D eigenvalue weighted by Gasteiger charge is -2.50. The van der Waals surface area contributed by atoms with Crippen LogP contribution in [0, 0.1) is 0 Å². The minimum atomic E-state index is -3.08. The summed E-state index contributed by atoms with van der Waals surface area (Å²) in [6, 6.07) is -2.53. The molecular formula is C82H154N2O21. The maximum atomic E-state index is 13.5. The van der Waals surface area contributed by atoms with E-state index in [1.54, 1.807) is 0 Å². The molecule has 3 fully saturated rings. The highest BCUT2D eigenvalue weighted by Crippen LogP contribution is 2.39. The van der Waals surface area contributed by atoms with Crippen molar-refractivity contribution in [3.05, 3.63) is 12.2 Å². The molecule has 0 aromatic heterocycles. The topological polar surface area (TPSA) is 373 Å². The van der Waals surface area contributed by atoms with Gasteiger partial charge in [0, 0.05) is 19.8 Å². The van der Waals surface area contributed by atoms with Gasteiger partial charge in [-0.2, -0.15) is 0 Å².